The van der Waals surface area contributed by atoms with E-state index in [0.717, 1.165) is 27.7 Å². The average Bonchev–Trinajstić information content (AvgIpc) is 2.95. The Hall–Kier alpha value is -3.15. The van der Waals surface area contributed by atoms with Crippen LogP contribution in [0.1, 0.15) is 17.0 Å². The van der Waals surface area contributed by atoms with Gasteiger partial charge in [0.15, 0.2) is 0 Å². The fraction of sp³-hybridized carbons (Fsp3) is 0.286. The number of rotatable bonds is 7. The molecule has 1 heterocycles. The van der Waals surface area contributed by atoms with E-state index in [2.05, 4.69) is 10.4 Å². The lowest BCUT2D eigenvalue weighted by molar-refractivity contribution is -0.141. The Bertz CT molecular complexity index is 972. The van der Waals surface area contributed by atoms with Crippen LogP contribution in [0.4, 0.5) is 0 Å². The number of aromatic nitrogens is 2. The van der Waals surface area contributed by atoms with Gasteiger partial charge >= 0.3 is 5.97 Å². The van der Waals surface area contributed by atoms with Crippen molar-refractivity contribution >= 4 is 22.6 Å². The predicted molar refractivity (Wildman–Crippen MR) is 103 cm³/mol. The molecular formula is C21H23N3O3. The molecule has 0 aliphatic heterocycles. The largest absolute Gasteiger partial charge is 0.481 e. The molecule has 3 rings (SSSR count). The van der Waals surface area contributed by atoms with E-state index in [-0.39, 0.29) is 19.0 Å². The highest BCUT2D eigenvalue weighted by Crippen LogP contribution is 2.21. The Kier molecular flexibility index (Phi) is 5.54. The summed E-state index contributed by atoms with van der Waals surface area (Å²) in [6, 6.07) is 15.7. The van der Waals surface area contributed by atoms with Crippen molar-refractivity contribution in [3.63, 3.8) is 0 Å². The molecule has 0 aliphatic rings. The lowest BCUT2D eigenvalue weighted by Crippen LogP contribution is -2.36. The van der Waals surface area contributed by atoms with E-state index < -0.39 is 11.9 Å². The van der Waals surface area contributed by atoms with E-state index in [9.17, 15) is 14.7 Å². The molecule has 1 unspecified atom stereocenters. The summed E-state index contributed by atoms with van der Waals surface area (Å²) in [5.41, 5.74) is 2.71. The lowest BCUT2D eigenvalue weighted by Gasteiger charge is -2.15. The van der Waals surface area contributed by atoms with Crippen LogP contribution in [0.25, 0.3) is 10.8 Å². The Morgan fingerprint density at radius 3 is 2.59 bits per heavy atom. The van der Waals surface area contributed by atoms with Crippen LogP contribution in [0.15, 0.2) is 48.5 Å². The second-order valence-corrected chi connectivity index (χ2v) is 6.77. The van der Waals surface area contributed by atoms with Gasteiger partial charge in [0.25, 0.3) is 0 Å². The van der Waals surface area contributed by atoms with Gasteiger partial charge in [-0.2, -0.15) is 5.10 Å². The van der Waals surface area contributed by atoms with Crippen molar-refractivity contribution in [2.75, 3.05) is 6.54 Å². The summed E-state index contributed by atoms with van der Waals surface area (Å²) in [4.78, 5) is 23.9. The number of fused-ring (bicyclic) bond motifs is 1. The number of benzene rings is 2. The Labute approximate surface area is 157 Å². The molecule has 0 spiro atoms. The van der Waals surface area contributed by atoms with Gasteiger partial charge in [0, 0.05) is 12.2 Å². The van der Waals surface area contributed by atoms with E-state index in [4.69, 9.17) is 0 Å². The summed E-state index contributed by atoms with van der Waals surface area (Å²) in [6.45, 7) is 3.91. The molecule has 1 atom stereocenters. The number of amides is 1. The van der Waals surface area contributed by atoms with Crippen molar-refractivity contribution in [2.45, 2.75) is 26.8 Å². The Balaban J connectivity index is 1.66. The van der Waals surface area contributed by atoms with Crippen molar-refractivity contribution < 1.29 is 14.7 Å². The average molecular weight is 365 g/mol. The summed E-state index contributed by atoms with van der Waals surface area (Å²) >= 11 is 0. The van der Waals surface area contributed by atoms with Gasteiger partial charge < -0.3 is 10.4 Å². The van der Waals surface area contributed by atoms with Gasteiger partial charge in [-0.1, -0.05) is 42.5 Å². The van der Waals surface area contributed by atoms with Crippen LogP contribution in [0, 0.1) is 19.8 Å². The molecule has 0 aliphatic carbocycles. The van der Waals surface area contributed by atoms with E-state index in [1.807, 2.05) is 62.4 Å². The second-order valence-electron chi connectivity index (χ2n) is 6.77. The molecule has 1 aromatic heterocycles. The first-order valence-corrected chi connectivity index (χ1v) is 8.91. The fourth-order valence-electron chi connectivity index (χ4n) is 3.25. The molecule has 0 saturated carbocycles. The molecular weight excluding hydrogens is 342 g/mol. The van der Waals surface area contributed by atoms with Crippen molar-refractivity contribution in [1.82, 2.24) is 15.1 Å². The molecule has 27 heavy (non-hydrogen) atoms. The minimum absolute atomic E-state index is 0.0800. The van der Waals surface area contributed by atoms with Gasteiger partial charge in [-0.15, -0.1) is 0 Å². The summed E-state index contributed by atoms with van der Waals surface area (Å²) in [5.74, 6) is -1.86. The van der Waals surface area contributed by atoms with E-state index in [1.54, 1.807) is 4.68 Å². The monoisotopic (exact) mass is 365 g/mol. The summed E-state index contributed by atoms with van der Waals surface area (Å²) in [5, 5.41) is 18.7. The molecule has 3 aromatic rings. The van der Waals surface area contributed by atoms with Crippen molar-refractivity contribution in [2.24, 2.45) is 5.92 Å². The summed E-state index contributed by atoms with van der Waals surface area (Å²) in [6.07, 6.45) is 0.358. The normalized spacial score (nSPS) is 12.1. The molecule has 2 N–H and O–H groups in total. The minimum Gasteiger partial charge on any atom is -0.481 e. The van der Waals surface area contributed by atoms with Gasteiger partial charge in [0.2, 0.25) is 5.91 Å². The minimum atomic E-state index is -0.922. The zero-order chi connectivity index (χ0) is 19.4. The number of carboxylic acids is 1. The third-order valence-electron chi connectivity index (χ3n) is 4.64. The Morgan fingerprint density at radius 2 is 1.89 bits per heavy atom. The zero-order valence-electron chi connectivity index (χ0n) is 15.5. The van der Waals surface area contributed by atoms with Crippen molar-refractivity contribution in [1.29, 1.82) is 0 Å². The number of aryl methyl sites for hydroxylation is 2. The second kappa shape index (κ2) is 8.03. The molecule has 1 amide bonds. The number of carbonyl (C=O) groups excluding carboxylic acids is 1. The number of carbonyl (C=O) groups is 2. The lowest BCUT2D eigenvalue weighted by atomic mass is 9.95. The molecule has 140 valence electrons. The van der Waals surface area contributed by atoms with Crippen molar-refractivity contribution in [3.8, 4) is 0 Å². The Morgan fingerprint density at radius 1 is 1.15 bits per heavy atom. The van der Waals surface area contributed by atoms with Gasteiger partial charge in [-0.25, -0.2) is 0 Å². The molecule has 0 radical (unpaired) electrons. The third kappa shape index (κ3) is 4.53. The van der Waals surface area contributed by atoms with E-state index in [1.165, 1.54) is 0 Å². The predicted octanol–water partition coefficient (Wildman–Crippen LogP) is 2.71. The highest BCUT2D eigenvalue weighted by Gasteiger charge is 2.20. The number of nitrogens with zero attached hydrogens (tertiary/aromatic N) is 2. The van der Waals surface area contributed by atoms with Gasteiger partial charge in [-0.3, -0.25) is 14.3 Å². The van der Waals surface area contributed by atoms with Crippen LogP contribution >= 0.6 is 0 Å². The maximum absolute atomic E-state index is 12.2. The number of hydrogen-bond acceptors (Lipinski definition) is 3. The van der Waals surface area contributed by atoms with Crippen LogP contribution in [-0.4, -0.2) is 33.3 Å². The number of aliphatic carboxylic acids is 1. The molecule has 6 nitrogen and oxygen atoms in total. The smallest absolute Gasteiger partial charge is 0.308 e. The molecule has 6 heteroatoms. The number of nitrogens with one attached hydrogen (secondary N) is 1. The molecule has 0 fully saturated rings. The van der Waals surface area contributed by atoms with Crippen molar-refractivity contribution in [3.05, 3.63) is 65.5 Å². The van der Waals surface area contributed by atoms with Crippen LogP contribution in [-0.2, 0) is 22.6 Å². The quantitative estimate of drug-likeness (QED) is 0.674. The third-order valence-corrected chi connectivity index (χ3v) is 4.64. The molecule has 0 bridgehead atoms. The molecule has 2 aromatic carbocycles. The maximum atomic E-state index is 12.2. The summed E-state index contributed by atoms with van der Waals surface area (Å²) < 4.78 is 1.62. The zero-order valence-corrected chi connectivity index (χ0v) is 15.5. The number of carboxylic acid groups (broad SMARTS) is 1. The summed E-state index contributed by atoms with van der Waals surface area (Å²) in [7, 11) is 0. The van der Waals surface area contributed by atoms with E-state index in [0.29, 0.717) is 6.42 Å². The standard InChI is InChI=1S/C21H23N3O3/c1-14-10-15(2)24(23-14)13-20(25)22-12-18(21(26)27)11-17-8-5-7-16-6-3-4-9-19(16)17/h3-10,18H,11-13H2,1-2H3,(H,22,25)(H,26,27). The number of hydrogen-bond donors (Lipinski definition) is 2. The van der Waals surface area contributed by atoms with Gasteiger partial charge in [0.1, 0.15) is 6.54 Å². The first-order valence-electron chi connectivity index (χ1n) is 8.91. The highest BCUT2D eigenvalue weighted by molar-refractivity contribution is 5.86. The highest BCUT2D eigenvalue weighted by atomic mass is 16.4. The SMILES string of the molecule is Cc1cc(C)n(CC(=O)NCC(Cc2cccc3ccccc23)C(=O)O)n1. The fourth-order valence-corrected chi connectivity index (χ4v) is 3.25. The van der Waals surface area contributed by atoms with Gasteiger partial charge in [0.05, 0.1) is 11.6 Å². The first-order chi connectivity index (χ1) is 12.9. The van der Waals surface area contributed by atoms with E-state index >= 15 is 0 Å². The van der Waals surface area contributed by atoms with Gasteiger partial charge in [-0.05, 0) is 42.7 Å². The maximum Gasteiger partial charge on any atom is 0.308 e. The van der Waals surface area contributed by atoms with Crippen LogP contribution < -0.4 is 5.32 Å². The van der Waals surface area contributed by atoms with Crippen LogP contribution in [0.2, 0.25) is 0 Å². The van der Waals surface area contributed by atoms with Crippen LogP contribution in [0.5, 0.6) is 0 Å². The van der Waals surface area contributed by atoms with Crippen LogP contribution in [0.3, 0.4) is 0 Å². The molecule has 0 saturated heterocycles. The topological polar surface area (TPSA) is 84.2 Å². The first kappa shape index (κ1) is 18.6.